The lowest BCUT2D eigenvalue weighted by atomic mass is 9.82. The van der Waals surface area contributed by atoms with Crippen molar-refractivity contribution in [3.63, 3.8) is 0 Å². The molecule has 0 bridgehead atoms. The molecule has 12 heteroatoms. The van der Waals surface area contributed by atoms with E-state index in [1.54, 1.807) is 0 Å². The molecule has 0 aliphatic carbocycles. The third-order valence-corrected chi connectivity index (χ3v) is 3.47. The van der Waals surface area contributed by atoms with E-state index in [1.165, 1.54) is 6.92 Å². The van der Waals surface area contributed by atoms with Gasteiger partial charge in [-0.15, -0.1) is 0 Å². The van der Waals surface area contributed by atoms with E-state index in [9.17, 15) is 29.1 Å². The summed E-state index contributed by atoms with van der Waals surface area (Å²) in [7, 11) is -4.99. The Kier molecular flexibility index (Phi) is 7.52. The van der Waals surface area contributed by atoms with Gasteiger partial charge >= 0.3 is 19.6 Å². The predicted octanol–water partition coefficient (Wildman–Crippen LogP) is -1.25. The summed E-state index contributed by atoms with van der Waals surface area (Å²) < 4.78 is 33.3. The van der Waals surface area contributed by atoms with Gasteiger partial charge in [-0.2, -0.15) is 4.39 Å². The number of phosphoric ester groups is 1. The zero-order valence-corrected chi connectivity index (χ0v) is 12.8. The average molecular weight is 350 g/mol. The first kappa shape index (κ1) is 21.4. The van der Waals surface area contributed by atoms with Crippen LogP contribution in [-0.4, -0.2) is 73.1 Å². The van der Waals surface area contributed by atoms with Crippen molar-refractivity contribution in [2.24, 2.45) is 0 Å². The number of aliphatic carboxylic acids is 1. The van der Waals surface area contributed by atoms with Gasteiger partial charge in [0, 0.05) is 6.61 Å². The number of ether oxygens (including phenoxy) is 1. The summed E-state index contributed by atoms with van der Waals surface area (Å²) in [5.41, 5.74) is -3.09. The number of carbonyl (C=O) groups is 1. The Morgan fingerprint density at radius 3 is 2.14 bits per heavy atom. The lowest BCUT2D eigenvalue weighted by molar-refractivity contribution is -0.291. The fourth-order valence-electron chi connectivity index (χ4n) is 1.78. The summed E-state index contributed by atoms with van der Waals surface area (Å²) in [5, 5.41) is 38.5. The van der Waals surface area contributed by atoms with Gasteiger partial charge in [-0.05, 0) is 13.3 Å². The molecule has 4 atom stereocenters. The van der Waals surface area contributed by atoms with Gasteiger partial charge in [0.2, 0.25) is 0 Å². The molecule has 0 amide bonds. The molecule has 4 unspecified atom stereocenters. The third-order valence-electron chi connectivity index (χ3n) is 2.98. The number of aliphatic hydroxyl groups excluding tert-OH is 2. The summed E-state index contributed by atoms with van der Waals surface area (Å²) in [6.45, 7) is 0.728. The van der Waals surface area contributed by atoms with Crippen molar-refractivity contribution >= 4 is 13.8 Å². The van der Waals surface area contributed by atoms with E-state index in [1.807, 2.05) is 0 Å². The van der Waals surface area contributed by atoms with Crippen molar-refractivity contribution in [2.75, 3.05) is 13.2 Å². The predicted molar refractivity (Wildman–Crippen MR) is 68.4 cm³/mol. The van der Waals surface area contributed by atoms with Crippen LogP contribution in [0.25, 0.3) is 0 Å². The maximum absolute atomic E-state index is 14.5. The molecule has 0 fully saturated rings. The highest BCUT2D eigenvalue weighted by atomic mass is 31.2. The number of aliphatic hydroxyl groups is 3. The molecule has 0 rings (SSSR count). The molecule has 132 valence electrons. The Balaban J connectivity index is 5.41. The van der Waals surface area contributed by atoms with Crippen LogP contribution in [0.1, 0.15) is 20.3 Å². The second-order valence-electron chi connectivity index (χ2n) is 4.41. The molecule has 0 aromatic rings. The number of alkyl halides is 1. The second-order valence-corrected chi connectivity index (χ2v) is 5.65. The van der Waals surface area contributed by atoms with Crippen LogP contribution in [0.3, 0.4) is 0 Å². The Morgan fingerprint density at radius 1 is 1.32 bits per heavy atom. The Hall–Kier alpha value is -0.650. The number of phosphoric acid groups is 1. The van der Waals surface area contributed by atoms with Gasteiger partial charge in [0.15, 0.2) is 5.60 Å². The highest BCUT2D eigenvalue weighted by Crippen LogP contribution is 2.39. The summed E-state index contributed by atoms with van der Waals surface area (Å²) in [5.74, 6) is -5.99. The molecule has 0 saturated heterocycles. The van der Waals surface area contributed by atoms with Crippen molar-refractivity contribution in [1.82, 2.24) is 0 Å². The zero-order chi connectivity index (χ0) is 17.8. The zero-order valence-electron chi connectivity index (χ0n) is 11.9. The molecule has 0 heterocycles. The minimum atomic E-state index is -4.99. The van der Waals surface area contributed by atoms with Crippen LogP contribution in [0.15, 0.2) is 0 Å². The van der Waals surface area contributed by atoms with Crippen LogP contribution in [0.4, 0.5) is 4.39 Å². The Morgan fingerprint density at radius 2 is 1.82 bits per heavy atom. The summed E-state index contributed by atoms with van der Waals surface area (Å²) in [4.78, 5) is 28.0. The molecule has 0 aromatic carbocycles. The number of hydrogen-bond donors (Lipinski definition) is 6. The van der Waals surface area contributed by atoms with Crippen molar-refractivity contribution in [3.05, 3.63) is 0 Å². The molecule has 0 aromatic heterocycles. The minimum absolute atomic E-state index is 0.465. The van der Waals surface area contributed by atoms with Gasteiger partial charge in [-0.1, -0.05) is 6.92 Å². The standard InChI is InChI=1S/C10H20FO10P/c1-3-9(16,10(11,8(14)15)20-4-2)7(13)6(12)5-21-22(17,18)19/h6-7,12-13,16H,3-5H2,1-2H3,(H,14,15)(H2,17,18,19). The van der Waals surface area contributed by atoms with Crippen molar-refractivity contribution in [3.8, 4) is 0 Å². The molecule has 0 saturated carbocycles. The molecule has 0 aliphatic heterocycles. The molecule has 0 radical (unpaired) electrons. The van der Waals surface area contributed by atoms with E-state index in [-0.39, 0.29) is 0 Å². The van der Waals surface area contributed by atoms with E-state index in [4.69, 9.17) is 14.9 Å². The number of carboxylic acids is 1. The van der Waals surface area contributed by atoms with E-state index >= 15 is 0 Å². The van der Waals surface area contributed by atoms with Crippen LogP contribution in [-0.2, 0) is 18.6 Å². The Bertz CT molecular complexity index is 428. The minimum Gasteiger partial charge on any atom is -0.477 e. The first-order valence-electron chi connectivity index (χ1n) is 6.20. The Labute approximate surface area is 125 Å². The highest BCUT2D eigenvalue weighted by Gasteiger charge is 2.63. The van der Waals surface area contributed by atoms with Crippen LogP contribution in [0.5, 0.6) is 0 Å². The summed E-state index contributed by atoms with van der Waals surface area (Å²) >= 11 is 0. The largest absolute Gasteiger partial charge is 0.477 e. The monoisotopic (exact) mass is 350 g/mol. The van der Waals surface area contributed by atoms with Crippen LogP contribution < -0.4 is 0 Å². The number of carboxylic acid groups (broad SMARTS) is 1. The molecular weight excluding hydrogens is 330 g/mol. The SMILES string of the molecule is CCOC(F)(C(=O)O)C(O)(CC)C(O)C(O)COP(=O)(O)O. The van der Waals surface area contributed by atoms with Crippen LogP contribution in [0.2, 0.25) is 0 Å². The normalized spacial score (nSPS) is 20.7. The average Bonchev–Trinajstić information content (AvgIpc) is 2.41. The van der Waals surface area contributed by atoms with Gasteiger partial charge in [0.1, 0.15) is 12.2 Å². The molecular formula is C10H20FO10P. The van der Waals surface area contributed by atoms with Gasteiger partial charge in [0.05, 0.1) is 6.61 Å². The van der Waals surface area contributed by atoms with Crippen molar-refractivity contribution in [1.29, 1.82) is 0 Å². The molecule has 0 spiro atoms. The molecule has 6 N–H and O–H groups in total. The van der Waals surface area contributed by atoms with E-state index in [2.05, 4.69) is 9.26 Å². The first-order valence-corrected chi connectivity index (χ1v) is 7.73. The smallest absolute Gasteiger partial charge is 0.469 e. The van der Waals surface area contributed by atoms with E-state index < -0.39 is 57.1 Å². The fraction of sp³-hybridized carbons (Fsp3) is 0.900. The first-order chi connectivity index (χ1) is 9.85. The second kappa shape index (κ2) is 7.75. The maximum Gasteiger partial charge on any atom is 0.469 e. The number of hydrogen-bond acceptors (Lipinski definition) is 7. The van der Waals surface area contributed by atoms with E-state index in [0.29, 0.717) is 0 Å². The molecule has 22 heavy (non-hydrogen) atoms. The fourth-order valence-corrected chi connectivity index (χ4v) is 2.13. The summed E-state index contributed by atoms with van der Waals surface area (Å²) in [6.07, 6.45) is -5.34. The van der Waals surface area contributed by atoms with Crippen molar-refractivity contribution < 1.29 is 53.2 Å². The van der Waals surface area contributed by atoms with Gasteiger partial charge < -0.3 is 34.9 Å². The van der Waals surface area contributed by atoms with Gasteiger partial charge in [-0.3, -0.25) is 4.52 Å². The molecule has 0 aliphatic rings. The third kappa shape index (κ3) is 4.67. The van der Waals surface area contributed by atoms with Crippen molar-refractivity contribution in [2.45, 2.75) is 43.9 Å². The van der Waals surface area contributed by atoms with Crippen LogP contribution >= 0.6 is 7.82 Å². The van der Waals surface area contributed by atoms with Gasteiger partial charge in [0.25, 0.3) is 0 Å². The topological polar surface area (TPSA) is 174 Å². The summed E-state index contributed by atoms with van der Waals surface area (Å²) in [6, 6.07) is 0. The quantitative estimate of drug-likeness (QED) is 0.261. The molecule has 10 nitrogen and oxygen atoms in total. The lowest BCUT2D eigenvalue weighted by Gasteiger charge is -2.41. The number of rotatable bonds is 10. The van der Waals surface area contributed by atoms with Crippen LogP contribution in [0, 0.1) is 0 Å². The lowest BCUT2D eigenvalue weighted by Crippen LogP contribution is -2.66. The number of halogens is 1. The van der Waals surface area contributed by atoms with E-state index in [0.717, 1.165) is 6.92 Å². The maximum atomic E-state index is 14.5. The highest BCUT2D eigenvalue weighted by molar-refractivity contribution is 7.46. The van der Waals surface area contributed by atoms with Gasteiger partial charge in [-0.25, -0.2) is 9.36 Å².